The number of benzene rings is 2. The number of amides is 1. The van der Waals surface area contributed by atoms with E-state index in [1.807, 2.05) is 0 Å². The van der Waals surface area contributed by atoms with Gasteiger partial charge in [0.2, 0.25) is 0 Å². The molecule has 0 atom stereocenters. The van der Waals surface area contributed by atoms with Crippen molar-refractivity contribution in [3.63, 3.8) is 0 Å². The quantitative estimate of drug-likeness (QED) is 0.360. The maximum atomic E-state index is 13.2. The van der Waals surface area contributed by atoms with Gasteiger partial charge < -0.3 is 14.8 Å². The normalized spacial score (nSPS) is 12.5. The summed E-state index contributed by atoms with van der Waals surface area (Å²) in [5.41, 5.74) is -3.24. The minimum absolute atomic E-state index is 0.0482. The number of anilines is 1. The van der Waals surface area contributed by atoms with Gasteiger partial charge in [-0.1, -0.05) is 6.07 Å². The van der Waals surface area contributed by atoms with Gasteiger partial charge in [0.15, 0.2) is 11.3 Å². The number of aromatic nitrogens is 1. The van der Waals surface area contributed by atoms with E-state index in [0.717, 1.165) is 18.3 Å². The molecule has 0 aliphatic rings. The van der Waals surface area contributed by atoms with Gasteiger partial charge in [-0.3, -0.25) is 9.78 Å². The Morgan fingerprint density at radius 1 is 1.03 bits per heavy atom. The number of alkyl halides is 6. The highest BCUT2D eigenvalue weighted by molar-refractivity contribution is 6.17. The predicted octanol–water partition coefficient (Wildman–Crippen LogP) is 6.24. The minimum atomic E-state index is -4.76. The molecular formula is C21H12F6N2O3. The smallest absolute Gasteiger partial charge is 0.433 e. The number of nitrogens with zero attached hydrogens (tertiary/aromatic N) is 1. The Morgan fingerprint density at radius 2 is 1.75 bits per heavy atom. The topological polar surface area (TPSA) is 75.4 Å². The predicted molar refractivity (Wildman–Crippen MR) is 101 cm³/mol. The molecule has 0 fully saturated rings. The zero-order valence-electron chi connectivity index (χ0n) is 16.0. The number of halogens is 6. The molecule has 1 amide bonds. The third-order valence-electron chi connectivity index (χ3n) is 4.80. The van der Waals surface area contributed by atoms with Crippen LogP contribution in [0.2, 0.25) is 0 Å². The van der Waals surface area contributed by atoms with Crippen molar-refractivity contribution in [3.05, 3.63) is 65.0 Å². The van der Waals surface area contributed by atoms with Crippen molar-refractivity contribution in [1.82, 2.24) is 4.98 Å². The van der Waals surface area contributed by atoms with Gasteiger partial charge in [0.25, 0.3) is 5.91 Å². The molecule has 0 aliphatic carbocycles. The summed E-state index contributed by atoms with van der Waals surface area (Å²) in [5.74, 6) is -1.32. The second-order valence-corrected chi connectivity index (χ2v) is 6.98. The summed E-state index contributed by atoms with van der Waals surface area (Å²) < 4.78 is 84.0. The van der Waals surface area contributed by atoms with E-state index < -0.39 is 35.3 Å². The molecular weight excluding hydrogens is 442 g/mol. The first-order valence-electron chi connectivity index (χ1n) is 8.97. The van der Waals surface area contributed by atoms with E-state index >= 15 is 0 Å². The largest absolute Gasteiger partial charge is 0.504 e. The Kier molecular flexibility index (Phi) is 4.79. The lowest BCUT2D eigenvalue weighted by atomic mass is 9.98. The second kappa shape index (κ2) is 7.14. The Hall–Kier alpha value is -3.76. The first kappa shape index (κ1) is 21.5. The van der Waals surface area contributed by atoms with Crippen LogP contribution < -0.4 is 5.32 Å². The van der Waals surface area contributed by atoms with Gasteiger partial charge in [-0.05, 0) is 42.3 Å². The summed E-state index contributed by atoms with van der Waals surface area (Å²) in [7, 11) is 0. The van der Waals surface area contributed by atoms with Gasteiger partial charge in [0.1, 0.15) is 11.3 Å². The standard InChI is InChI=1S/C21H12F6N2O3/c1-9-2-3-11(7-12(9)20(22,23)24)29-19(31)17-14-8-13(30)18(32-14)16(17)10-4-5-28-15(6-10)21(25,26)27/h2-8,30H,1H3,(H,29,31). The number of rotatable bonds is 3. The number of nitrogens with one attached hydrogen (secondary N) is 1. The molecule has 2 N–H and O–H groups in total. The zero-order chi connectivity index (χ0) is 23.4. The van der Waals surface area contributed by atoms with E-state index in [9.17, 15) is 36.2 Å². The molecule has 32 heavy (non-hydrogen) atoms. The molecule has 1 aromatic carbocycles. The lowest BCUT2D eigenvalue weighted by Gasteiger charge is -2.13. The molecule has 0 aliphatic heterocycles. The van der Waals surface area contributed by atoms with Crippen LogP contribution >= 0.6 is 0 Å². The molecule has 0 unspecified atom stereocenters. The molecule has 0 spiro atoms. The van der Waals surface area contributed by atoms with Gasteiger partial charge >= 0.3 is 12.4 Å². The van der Waals surface area contributed by atoms with Gasteiger partial charge in [-0.25, -0.2) is 0 Å². The van der Waals surface area contributed by atoms with Crippen molar-refractivity contribution < 1.29 is 40.7 Å². The third kappa shape index (κ3) is 3.70. The van der Waals surface area contributed by atoms with Crippen LogP contribution in [0.25, 0.3) is 22.3 Å². The van der Waals surface area contributed by atoms with Crippen LogP contribution in [0.3, 0.4) is 0 Å². The van der Waals surface area contributed by atoms with Crippen molar-refractivity contribution in [2.75, 3.05) is 5.32 Å². The summed E-state index contributed by atoms with van der Waals surface area (Å²) in [6, 6.07) is 6.15. The average molecular weight is 454 g/mol. The number of carbonyl (C=O) groups excluding carboxylic acids is 1. The minimum Gasteiger partial charge on any atom is -0.504 e. The molecule has 3 heterocycles. The molecule has 0 saturated heterocycles. The highest BCUT2D eigenvalue weighted by Gasteiger charge is 2.35. The number of hydrogen-bond donors (Lipinski definition) is 2. The number of furan rings is 2. The molecule has 0 saturated carbocycles. The average Bonchev–Trinajstić information content (AvgIpc) is 3.25. The maximum Gasteiger partial charge on any atom is 0.433 e. The SMILES string of the molecule is Cc1ccc(NC(=O)c2c(-c3ccnc(C(F)(F)F)c3)c3oc2cc3O)cc1C(F)(F)F. The molecule has 4 aromatic rings. The van der Waals surface area contributed by atoms with Gasteiger partial charge in [-0.15, -0.1) is 0 Å². The highest BCUT2D eigenvalue weighted by atomic mass is 19.4. The molecule has 4 rings (SSSR count). The number of phenols is 1. The van der Waals surface area contributed by atoms with Crippen LogP contribution in [0.1, 0.15) is 27.2 Å². The molecule has 0 radical (unpaired) electrons. The fraction of sp³-hybridized carbons (Fsp3) is 0.143. The molecule has 11 heteroatoms. The second-order valence-electron chi connectivity index (χ2n) is 6.98. The van der Waals surface area contributed by atoms with E-state index in [1.54, 1.807) is 0 Å². The number of phenolic OH excluding ortho intramolecular Hbond substituents is 1. The number of hydrogen-bond acceptors (Lipinski definition) is 4. The first-order valence-corrected chi connectivity index (χ1v) is 8.97. The first-order chi connectivity index (χ1) is 14.9. The summed E-state index contributed by atoms with van der Waals surface area (Å²) in [6.45, 7) is 1.26. The van der Waals surface area contributed by atoms with E-state index in [4.69, 9.17) is 4.42 Å². The lowest BCUT2D eigenvalue weighted by Crippen LogP contribution is -2.15. The van der Waals surface area contributed by atoms with Gasteiger partial charge in [-0.2, -0.15) is 26.3 Å². The van der Waals surface area contributed by atoms with Gasteiger partial charge in [0, 0.05) is 23.5 Å². The number of carbonyl (C=O) groups is 1. The van der Waals surface area contributed by atoms with Crippen LogP contribution in [-0.2, 0) is 12.4 Å². The maximum absolute atomic E-state index is 13.2. The Labute approximate surface area is 175 Å². The van der Waals surface area contributed by atoms with Crippen molar-refractivity contribution >= 4 is 22.8 Å². The summed E-state index contributed by atoms with van der Waals surface area (Å²) >= 11 is 0. The number of pyridine rings is 1. The Bertz CT molecular complexity index is 1320. The molecule has 166 valence electrons. The molecule has 2 bridgehead atoms. The van der Waals surface area contributed by atoms with Crippen LogP contribution in [0.5, 0.6) is 5.75 Å². The zero-order valence-corrected chi connectivity index (χ0v) is 16.0. The number of aryl methyl sites for hydroxylation is 1. The Balaban J connectivity index is 1.78. The number of aromatic hydroxyl groups is 1. The van der Waals surface area contributed by atoms with Crippen molar-refractivity contribution in [2.24, 2.45) is 0 Å². The molecule has 3 aromatic heterocycles. The van der Waals surface area contributed by atoms with E-state index in [-0.39, 0.29) is 39.1 Å². The lowest BCUT2D eigenvalue weighted by molar-refractivity contribution is -0.141. The van der Waals surface area contributed by atoms with Crippen LogP contribution in [-0.4, -0.2) is 16.0 Å². The highest BCUT2D eigenvalue weighted by Crippen LogP contribution is 2.44. The molecule has 5 nitrogen and oxygen atoms in total. The summed E-state index contributed by atoms with van der Waals surface area (Å²) in [4.78, 5) is 16.2. The van der Waals surface area contributed by atoms with Crippen LogP contribution in [0.4, 0.5) is 32.0 Å². The fourth-order valence-corrected chi connectivity index (χ4v) is 3.36. The fourth-order valence-electron chi connectivity index (χ4n) is 3.36. The van der Waals surface area contributed by atoms with E-state index in [2.05, 4.69) is 10.3 Å². The summed E-state index contributed by atoms with van der Waals surface area (Å²) in [6.07, 6.45) is -8.52. The van der Waals surface area contributed by atoms with Crippen molar-refractivity contribution in [1.29, 1.82) is 0 Å². The van der Waals surface area contributed by atoms with E-state index in [1.165, 1.54) is 25.1 Å². The number of fused-ring (bicyclic) bond motifs is 2. The summed E-state index contributed by atoms with van der Waals surface area (Å²) in [5, 5.41) is 12.3. The van der Waals surface area contributed by atoms with E-state index in [0.29, 0.717) is 6.07 Å². The van der Waals surface area contributed by atoms with Gasteiger partial charge in [0.05, 0.1) is 11.1 Å². The Morgan fingerprint density at radius 3 is 2.41 bits per heavy atom. The third-order valence-corrected chi connectivity index (χ3v) is 4.80. The van der Waals surface area contributed by atoms with Crippen molar-refractivity contribution in [3.8, 4) is 16.9 Å². The van der Waals surface area contributed by atoms with Crippen LogP contribution in [0, 0.1) is 6.92 Å². The van der Waals surface area contributed by atoms with Crippen LogP contribution in [0.15, 0.2) is 47.0 Å². The monoisotopic (exact) mass is 454 g/mol. The van der Waals surface area contributed by atoms with Crippen molar-refractivity contribution in [2.45, 2.75) is 19.3 Å².